The van der Waals surface area contributed by atoms with Crippen LogP contribution in [0.4, 0.5) is 0 Å². The molecule has 0 bridgehead atoms. The molecule has 0 aliphatic rings. The average molecular weight is 382 g/mol. The number of hydrogen-bond donors (Lipinski definition) is 2. The smallest absolute Gasteiger partial charge is 0.132 e. The van der Waals surface area contributed by atoms with E-state index in [2.05, 4.69) is 0 Å². The Morgan fingerprint density at radius 2 is 0.897 bits per heavy atom. The fourth-order valence-corrected chi connectivity index (χ4v) is 3.34. The van der Waals surface area contributed by atoms with Crippen molar-refractivity contribution in [3.8, 4) is 33.8 Å². The molecule has 0 aliphatic heterocycles. The number of hydrogen-bond acceptors (Lipinski definition) is 3. The summed E-state index contributed by atoms with van der Waals surface area (Å²) in [5.74, 6) is 1.16. The second kappa shape index (κ2) is 8.74. The molecule has 29 heavy (non-hydrogen) atoms. The third-order valence-corrected chi connectivity index (χ3v) is 4.90. The predicted molar refractivity (Wildman–Crippen MR) is 116 cm³/mol. The van der Waals surface area contributed by atoms with Crippen molar-refractivity contribution in [3.63, 3.8) is 0 Å². The summed E-state index contributed by atoms with van der Waals surface area (Å²) in [6, 6.07) is 31.6. The molecule has 2 N–H and O–H groups in total. The summed E-state index contributed by atoms with van der Waals surface area (Å²) in [5.41, 5.74) is 5.59. The van der Waals surface area contributed by atoms with E-state index >= 15 is 0 Å². The number of benzene rings is 4. The zero-order valence-corrected chi connectivity index (χ0v) is 16.0. The molecule has 0 unspecified atom stereocenters. The molecule has 144 valence electrons. The maximum absolute atomic E-state index is 9.86. The molecule has 4 aromatic rings. The van der Waals surface area contributed by atoms with Crippen LogP contribution in [0.1, 0.15) is 11.1 Å². The summed E-state index contributed by atoms with van der Waals surface area (Å²) in [4.78, 5) is 0. The van der Waals surface area contributed by atoms with Crippen molar-refractivity contribution in [1.29, 1.82) is 0 Å². The lowest BCUT2D eigenvalue weighted by molar-refractivity contribution is 0.271. The first-order valence-electron chi connectivity index (χ1n) is 9.55. The average Bonchev–Trinajstić information content (AvgIpc) is 2.80. The first-order valence-corrected chi connectivity index (χ1v) is 9.55. The van der Waals surface area contributed by atoms with E-state index in [4.69, 9.17) is 4.74 Å². The van der Waals surface area contributed by atoms with Crippen LogP contribution in [0.15, 0.2) is 97.1 Å². The van der Waals surface area contributed by atoms with Crippen molar-refractivity contribution in [1.82, 2.24) is 0 Å². The molecule has 4 aromatic carbocycles. The van der Waals surface area contributed by atoms with Gasteiger partial charge in [-0.3, -0.25) is 0 Å². The Morgan fingerprint density at radius 3 is 1.28 bits per heavy atom. The van der Waals surface area contributed by atoms with Crippen molar-refractivity contribution in [2.75, 3.05) is 0 Å². The topological polar surface area (TPSA) is 49.7 Å². The molecule has 0 heterocycles. The Balaban J connectivity index is 1.65. The molecule has 0 amide bonds. The SMILES string of the molecule is OCc1cc(-c2ccccc2)ccc1Oc1ccc(-c2ccccc2)cc1CO. The molecule has 0 aromatic heterocycles. The molecule has 0 atom stereocenters. The zero-order chi connectivity index (χ0) is 20.1. The van der Waals surface area contributed by atoms with E-state index in [-0.39, 0.29) is 13.2 Å². The van der Waals surface area contributed by atoms with Crippen molar-refractivity contribution in [2.45, 2.75) is 13.2 Å². The Labute approximate surface area is 170 Å². The minimum Gasteiger partial charge on any atom is -0.457 e. The lowest BCUT2D eigenvalue weighted by Gasteiger charge is -2.15. The normalized spacial score (nSPS) is 10.7. The van der Waals surface area contributed by atoms with Gasteiger partial charge in [-0.1, -0.05) is 72.8 Å². The Hall–Kier alpha value is -3.40. The standard InChI is InChI=1S/C26H22O3/c27-17-23-15-21(19-7-3-1-4-8-19)11-13-25(23)29-26-14-12-22(16-24(26)18-28)20-9-5-2-6-10-20/h1-16,27-28H,17-18H2. The molecule has 0 saturated heterocycles. The molecule has 3 heteroatoms. The van der Waals surface area contributed by atoms with Crippen LogP contribution in [0.5, 0.6) is 11.5 Å². The quantitative estimate of drug-likeness (QED) is 0.443. The van der Waals surface area contributed by atoms with E-state index in [1.165, 1.54) is 0 Å². The van der Waals surface area contributed by atoms with Gasteiger partial charge >= 0.3 is 0 Å². The lowest BCUT2D eigenvalue weighted by Crippen LogP contribution is -1.96. The number of aliphatic hydroxyl groups is 2. The highest BCUT2D eigenvalue weighted by atomic mass is 16.5. The first kappa shape index (κ1) is 18.9. The summed E-state index contributed by atoms with van der Waals surface area (Å²) in [5, 5.41) is 19.7. The summed E-state index contributed by atoms with van der Waals surface area (Å²) in [6.07, 6.45) is 0. The van der Waals surface area contributed by atoms with Crippen LogP contribution in [-0.2, 0) is 13.2 Å². The minimum absolute atomic E-state index is 0.132. The summed E-state index contributed by atoms with van der Waals surface area (Å²) < 4.78 is 6.08. The molecule has 0 radical (unpaired) electrons. The van der Waals surface area contributed by atoms with Crippen molar-refractivity contribution >= 4 is 0 Å². The minimum atomic E-state index is -0.132. The van der Waals surface area contributed by atoms with Crippen LogP contribution in [-0.4, -0.2) is 10.2 Å². The Kier molecular flexibility index (Phi) is 5.71. The van der Waals surface area contributed by atoms with Crippen LogP contribution < -0.4 is 4.74 Å². The van der Waals surface area contributed by atoms with Gasteiger partial charge in [0.2, 0.25) is 0 Å². The van der Waals surface area contributed by atoms with Gasteiger partial charge in [-0.25, -0.2) is 0 Å². The van der Waals surface area contributed by atoms with E-state index in [0.29, 0.717) is 22.6 Å². The Morgan fingerprint density at radius 1 is 0.483 bits per heavy atom. The summed E-state index contributed by atoms with van der Waals surface area (Å²) >= 11 is 0. The van der Waals surface area contributed by atoms with Crippen LogP contribution >= 0.6 is 0 Å². The fourth-order valence-electron chi connectivity index (χ4n) is 3.34. The van der Waals surface area contributed by atoms with Gasteiger partial charge < -0.3 is 14.9 Å². The summed E-state index contributed by atoms with van der Waals surface area (Å²) in [6.45, 7) is -0.265. The lowest BCUT2D eigenvalue weighted by atomic mass is 10.0. The molecular formula is C26H22O3. The predicted octanol–water partition coefficient (Wildman–Crippen LogP) is 5.80. The monoisotopic (exact) mass is 382 g/mol. The first-order chi connectivity index (χ1) is 14.3. The van der Waals surface area contributed by atoms with Gasteiger partial charge in [0.15, 0.2) is 0 Å². The van der Waals surface area contributed by atoms with Gasteiger partial charge in [-0.05, 0) is 46.5 Å². The maximum Gasteiger partial charge on any atom is 0.132 e. The van der Waals surface area contributed by atoms with Crippen LogP contribution in [0.2, 0.25) is 0 Å². The van der Waals surface area contributed by atoms with Gasteiger partial charge in [0, 0.05) is 11.1 Å². The molecule has 0 aliphatic carbocycles. The zero-order valence-electron chi connectivity index (χ0n) is 16.0. The van der Waals surface area contributed by atoms with Gasteiger partial charge in [0.1, 0.15) is 11.5 Å². The van der Waals surface area contributed by atoms with E-state index < -0.39 is 0 Å². The van der Waals surface area contributed by atoms with Gasteiger partial charge in [-0.2, -0.15) is 0 Å². The highest BCUT2D eigenvalue weighted by Gasteiger charge is 2.11. The second-order valence-electron chi connectivity index (χ2n) is 6.80. The molecule has 0 fully saturated rings. The largest absolute Gasteiger partial charge is 0.457 e. The number of ether oxygens (including phenoxy) is 1. The highest BCUT2D eigenvalue weighted by Crippen LogP contribution is 2.34. The molecule has 0 spiro atoms. The molecule has 4 rings (SSSR count). The van der Waals surface area contributed by atoms with Crippen LogP contribution in [0.25, 0.3) is 22.3 Å². The molecule has 3 nitrogen and oxygen atoms in total. The third-order valence-electron chi connectivity index (χ3n) is 4.90. The van der Waals surface area contributed by atoms with Crippen molar-refractivity contribution < 1.29 is 14.9 Å². The molecule has 0 saturated carbocycles. The van der Waals surface area contributed by atoms with E-state index in [1.54, 1.807) is 0 Å². The van der Waals surface area contributed by atoms with Gasteiger partial charge in [0.05, 0.1) is 13.2 Å². The third kappa shape index (κ3) is 4.21. The number of rotatable bonds is 6. The van der Waals surface area contributed by atoms with Crippen LogP contribution in [0.3, 0.4) is 0 Å². The van der Waals surface area contributed by atoms with Crippen LogP contribution in [0, 0.1) is 0 Å². The fraction of sp³-hybridized carbons (Fsp3) is 0.0769. The Bertz CT molecular complexity index is 1000. The molecular weight excluding hydrogens is 360 g/mol. The summed E-state index contributed by atoms with van der Waals surface area (Å²) in [7, 11) is 0. The van der Waals surface area contributed by atoms with Gasteiger partial charge in [0.25, 0.3) is 0 Å². The second-order valence-corrected chi connectivity index (χ2v) is 6.80. The van der Waals surface area contributed by atoms with Crippen molar-refractivity contribution in [2.24, 2.45) is 0 Å². The van der Waals surface area contributed by atoms with E-state index in [9.17, 15) is 10.2 Å². The van der Waals surface area contributed by atoms with E-state index in [0.717, 1.165) is 22.3 Å². The van der Waals surface area contributed by atoms with Gasteiger partial charge in [-0.15, -0.1) is 0 Å². The highest BCUT2D eigenvalue weighted by molar-refractivity contribution is 5.67. The van der Waals surface area contributed by atoms with Crippen molar-refractivity contribution in [3.05, 3.63) is 108 Å². The maximum atomic E-state index is 9.86. The number of aliphatic hydroxyl groups excluding tert-OH is 2. The van der Waals surface area contributed by atoms with E-state index in [1.807, 2.05) is 97.1 Å².